The van der Waals surface area contributed by atoms with Crippen molar-refractivity contribution in [2.45, 2.75) is 19.4 Å². The Morgan fingerprint density at radius 2 is 2.00 bits per heavy atom. The van der Waals surface area contributed by atoms with Crippen LogP contribution in [-0.4, -0.2) is 50.0 Å². The van der Waals surface area contributed by atoms with Crippen molar-refractivity contribution in [2.24, 2.45) is 0 Å². The molecule has 1 N–H and O–H groups in total. The van der Waals surface area contributed by atoms with Crippen molar-refractivity contribution in [2.75, 3.05) is 37.5 Å². The van der Waals surface area contributed by atoms with Gasteiger partial charge >= 0.3 is 0 Å². The predicted octanol–water partition coefficient (Wildman–Crippen LogP) is 3.20. The fourth-order valence-electron chi connectivity index (χ4n) is 3.52. The third-order valence-electron chi connectivity index (χ3n) is 4.73. The largest absolute Gasteiger partial charge is 0.495 e. The zero-order chi connectivity index (χ0) is 20.3. The quantitative estimate of drug-likeness (QED) is 0.807. The van der Waals surface area contributed by atoms with E-state index in [1.54, 1.807) is 30.1 Å². The summed E-state index contributed by atoms with van der Waals surface area (Å²) < 4.78 is 5.24. The van der Waals surface area contributed by atoms with Gasteiger partial charge in [0.15, 0.2) is 0 Å². The lowest BCUT2D eigenvalue weighted by atomic mass is 10.1. The van der Waals surface area contributed by atoms with Gasteiger partial charge in [0.1, 0.15) is 5.75 Å². The summed E-state index contributed by atoms with van der Waals surface area (Å²) in [5.41, 5.74) is 2.64. The van der Waals surface area contributed by atoms with Gasteiger partial charge in [0.05, 0.1) is 25.9 Å². The molecule has 0 saturated carbocycles. The van der Waals surface area contributed by atoms with Gasteiger partial charge in [0, 0.05) is 16.8 Å². The summed E-state index contributed by atoms with van der Waals surface area (Å²) in [5, 5.41) is 3.29. The third-order valence-corrected chi connectivity index (χ3v) is 4.97. The van der Waals surface area contributed by atoms with Gasteiger partial charge in [-0.05, 0) is 50.2 Å². The van der Waals surface area contributed by atoms with Crippen LogP contribution in [0.2, 0.25) is 5.02 Å². The summed E-state index contributed by atoms with van der Waals surface area (Å²) in [6, 6.07) is 13.1. The maximum Gasteiger partial charge on any atom is 0.241 e. The highest BCUT2D eigenvalue weighted by atomic mass is 35.5. The molecular formula is C21H24ClN3O3. The van der Waals surface area contributed by atoms with Crippen molar-refractivity contribution >= 4 is 34.8 Å². The number of amides is 2. The molecule has 148 valence electrons. The maximum atomic E-state index is 12.8. The molecule has 0 aromatic heterocycles. The summed E-state index contributed by atoms with van der Waals surface area (Å²) in [6.07, 6.45) is 0.848. The van der Waals surface area contributed by atoms with Crippen molar-refractivity contribution in [3.8, 4) is 5.75 Å². The Kier molecular flexibility index (Phi) is 6.21. The number of carbonyl (C=O) groups is 2. The normalized spacial score (nSPS) is 15.5. The lowest BCUT2D eigenvalue weighted by Crippen LogP contribution is -2.43. The molecule has 3 rings (SSSR count). The molecule has 0 spiro atoms. The summed E-state index contributed by atoms with van der Waals surface area (Å²) in [7, 11) is 3.28. The number of nitrogens with zero attached hydrogens (tertiary/aromatic N) is 2. The number of rotatable bonds is 6. The fourth-order valence-corrected chi connectivity index (χ4v) is 3.69. The number of nitrogens with one attached hydrogen (secondary N) is 1. The second-order valence-electron chi connectivity index (χ2n) is 7.01. The van der Waals surface area contributed by atoms with Gasteiger partial charge < -0.3 is 15.0 Å². The van der Waals surface area contributed by atoms with E-state index in [1.165, 1.54) is 12.7 Å². The zero-order valence-corrected chi connectivity index (χ0v) is 17.0. The molecule has 0 radical (unpaired) electrons. The molecule has 7 heteroatoms. The van der Waals surface area contributed by atoms with E-state index in [9.17, 15) is 9.59 Å². The number of methoxy groups -OCH3 is 1. The summed E-state index contributed by atoms with van der Waals surface area (Å²) >= 11 is 5.99. The van der Waals surface area contributed by atoms with Gasteiger partial charge in [-0.15, -0.1) is 0 Å². The van der Waals surface area contributed by atoms with Crippen LogP contribution in [0, 0.1) is 0 Å². The molecule has 0 saturated heterocycles. The lowest BCUT2D eigenvalue weighted by molar-refractivity contribution is -0.121. The molecule has 0 fully saturated rings. The Morgan fingerprint density at radius 1 is 1.25 bits per heavy atom. The summed E-state index contributed by atoms with van der Waals surface area (Å²) in [4.78, 5) is 28.7. The number of ether oxygens (including phenoxy) is 1. The van der Waals surface area contributed by atoms with Crippen LogP contribution in [0.15, 0.2) is 42.5 Å². The molecule has 2 aromatic carbocycles. The first-order valence-electron chi connectivity index (χ1n) is 9.11. The topological polar surface area (TPSA) is 61.9 Å². The van der Waals surface area contributed by atoms with Crippen LogP contribution in [0.1, 0.15) is 12.5 Å². The highest BCUT2D eigenvalue weighted by molar-refractivity contribution is 6.31. The zero-order valence-electron chi connectivity index (χ0n) is 16.2. The highest BCUT2D eigenvalue weighted by Gasteiger charge is 2.30. The first kappa shape index (κ1) is 20.2. The number of fused-ring (bicyclic) bond motifs is 1. The molecule has 0 bridgehead atoms. The van der Waals surface area contributed by atoms with E-state index in [2.05, 4.69) is 11.4 Å². The predicted molar refractivity (Wildman–Crippen MR) is 111 cm³/mol. The summed E-state index contributed by atoms with van der Waals surface area (Å²) in [6.45, 7) is 2.26. The Labute approximate surface area is 170 Å². The summed E-state index contributed by atoms with van der Waals surface area (Å²) in [5.74, 6) is 0.262. The van der Waals surface area contributed by atoms with Crippen LogP contribution in [-0.2, 0) is 16.0 Å². The van der Waals surface area contributed by atoms with Gasteiger partial charge in [-0.25, -0.2) is 0 Å². The van der Waals surface area contributed by atoms with Gasteiger partial charge in [-0.2, -0.15) is 0 Å². The molecule has 2 amide bonds. The van der Waals surface area contributed by atoms with Gasteiger partial charge in [-0.1, -0.05) is 29.8 Å². The highest BCUT2D eigenvalue weighted by Crippen LogP contribution is 2.32. The lowest BCUT2D eigenvalue weighted by Gasteiger charge is -2.25. The molecule has 28 heavy (non-hydrogen) atoms. The minimum absolute atomic E-state index is 0.0203. The van der Waals surface area contributed by atoms with E-state index in [-0.39, 0.29) is 30.9 Å². The van der Waals surface area contributed by atoms with Crippen molar-refractivity contribution in [1.29, 1.82) is 0 Å². The van der Waals surface area contributed by atoms with Gasteiger partial charge in [0.2, 0.25) is 11.8 Å². The molecule has 0 aliphatic carbocycles. The van der Waals surface area contributed by atoms with Gasteiger partial charge in [0.25, 0.3) is 0 Å². The fraction of sp³-hybridized carbons (Fsp3) is 0.333. The smallest absolute Gasteiger partial charge is 0.241 e. The molecule has 1 aliphatic rings. The average molecular weight is 402 g/mol. The Hall–Kier alpha value is -2.57. The van der Waals surface area contributed by atoms with Crippen LogP contribution in [0.4, 0.5) is 11.4 Å². The van der Waals surface area contributed by atoms with E-state index in [4.69, 9.17) is 16.3 Å². The number of carbonyl (C=O) groups excluding carboxylic acids is 2. The minimum Gasteiger partial charge on any atom is -0.495 e. The number of hydrogen-bond acceptors (Lipinski definition) is 4. The van der Waals surface area contributed by atoms with E-state index < -0.39 is 0 Å². The Balaban J connectivity index is 1.60. The van der Waals surface area contributed by atoms with E-state index >= 15 is 0 Å². The van der Waals surface area contributed by atoms with Crippen LogP contribution >= 0.6 is 11.6 Å². The van der Waals surface area contributed by atoms with Crippen LogP contribution in [0.3, 0.4) is 0 Å². The maximum absolute atomic E-state index is 12.8. The second-order valence-corrected chi connectivity index (χ2v) is 7.45. The Morgan fingerprint density at radius 3 is 2.75 bits per heavy atom. The van der Waals surface area contributed by atoms with Crippen LogP contribution in [0.5, 0.6) is 5.75 Å². The monoisotopic (exact) mass is 401 g/mol. The molecular weight excluding hydrogens is 378 g/mol. The first-order chi connectivity index (χ1) is 13.4. The molecule has 0 unspecified atom stereocenters. The minimum atomic E-state index is -0.245. The third kappa shape index (κ3) is 4.46. The van der Waals surface area contributed by atoms with Crippen molar-refractivity contribution in [3.05, 3.63) is 53.1 Å². The molecule has 1 heterocycles. The van der Waals surface area contributed by atoms with Crippen LogP contribution in [0.25, 0.3) is 0 Å². The van der Waals surface area contributed by atoms with E-state index in [1.807, 2.05) is 30.0 Å². The number of likely N-dealkylation sites (N-methyl/N-ethyl adjacent to an activating group) is 1. The molecule has 2 aromatic rings. The van der Waals surface area contributed by atoms with Crippen molar-refractivity contribution in [3.63, 3.8) is 0 Å². The molecule has 1 atom stereocenters. The van der Waals surface area contributed by atoms with Crippen molar-refractivity contribution in [1.82, 2.24) is 4.90 Å². The van der Waals surface area contributed by atoms with Crippen LogP contribution < -0.4 is 15.0 Å². The first-order valence-corrected chi connectivity index (χ1v) is 9.48. The second kappa shape index (κ2) is 8.63. The number of anilines is 2. The van der Waals surface area contributed by atoms with Crippen molar-refractivity contribution < 1.29 is 14.3 Å². The van der Waals surface area contributed by atoms with Gasteiger partial charge in [-0.3, -0.25) is 14.5 Å². The number of hydrogen-bond donors (Lipinski definition) is 1. The SMILES string of the molecule is COc1ccc(Cl)cc1NC(=O)CN(C)CC(=O)N1c2ccccc2C[C@H]1C. The van der Waals surface area contributed by atoms with E-state index in [0.717, 1.165) is 12.1 Å². The average Bonchev–Trinajstić information content (AvgIpc) is 2.97. The Bertz CT molecular complexity index is 887. The molecule has 1 aliphatic heterocycles. The number of halogens is 1. The van der Waals surface area contributed by atoms with E-state index in [0.29, 0.717) is 16.5 Å². The standard InChI is InChI=1S/C21H24ClN3O3/c1-14-10-15-6-4-5-7-18(15)25(14)21(27)13-24(2)12-20(26)23-17-11-16(22)8-9-19(17)28-3/h4-9,11,14H,10,12-13H2,1-3H3,(H,23,26)/t14-/m1/s1. The molecule has 6 nitrogen and oxygen atoms in total. The number of para-hydroxylation sites is 1. The number of benzene rings is 2.